The molecule has 0 saturated carbocycles. The second-order valence-electron chi connectivity index (χ2n) is 6.02. The van der Waals surface area contributed by atoms with Crippen LogP contribution < -0.4 is 10.6 Å². The zero-order valence-electron chi connectivity index (χ0n) is 12.3. The first-order chi connectivity index (χ1) is 9.79. The minimum Gasteiger partial charge on any atom is -0.371 e. The molecule has 0 aromatic heterocycles. The van der Waals surface area contributed by atoms with E-state index in [0.717, 1.165) is 5.92 Å². The normalized spacial score (nSPS) is 20.1. The number of hydrogen-bond acceptors (Lipinski definition) is 2. The van der Waals surface area contributed by atoms with E-state index < -0.39 is 0 Å². The summed E-state index contributed by atoms with van der Waals surface area (Å²) >= 11 is 0. The fourth-order valence-corrected chi connectivity index (χ4v) is 3.30. The summed E-state index contributed by atoms with van der Waals surface area (Å²) in [7, 11) is 0. The molecule has 1 unspecified atom stereocenters. The molecule has 2 aromatic rings. The third-order valence-corrected chi connectivity index (χ3v) is 4.57. The number of rotatable bonds is 2. The minimum absolute atomic E-state index is 0.609. The number of nitrogens with zero attached hydrogens (tertiary/aromatic N) is 1. The second kappa shape index (κ2) is 5.84. The quantitative estimate of drug-likeness (QED) is 0.894. The molecular formula is C18H24N2. The molecular weight excluding hydrogens is 244 g/mol. The molecule has 0 amide bonds. The molecule has 2 N–H and O–H groups in total. The highest BCUT2D eigenvalue weighted by Gasteiger charge is 2.16. The van der Waals surface area contributed by atoms with Crippen molar-refractivity contribution in [1.82, 2.24) is 0 Å². The third kappa shape index (κ3) is 2.53. The number of anilines is 1. The van der Waals surface area contributed by atoms with Gasteiger partial charge in [-0.1, -0.05) is 37.3 Å². The van der Waals surface area contributed by atoms with Gasteiger partial charge in [0.2, 0.25) is 0 Å². The highest BCUT2D eigenvalue weighted by atomic mass is 15.1. The monoisotopic (exact) mass is 268 g/mol. The van der Waals surface area contributed by atoms with Gasteiger partial charge in [-0.25, -0.2) is 0 Å². The molecule has 1 atom stereocenters. The Morgan fingerprint density at radius 1 is 1.05 bits per heavy atom. The second-order valence-corrected chi connectivity index (χ2v) is 6.02. The van der Waals surface area contributed by atoms with Gasteiger partial charge in [-0.15, -0.1) is 0 Å². The molecule has 106 valence electrons. The van der Waals surface area contributed by atoms with E-state index in [1.54, 1.807) is 0 Å². The SMILES string of the molecule is CC1CCCN(c2ccc(CN)c3ccccc23)CC1. The molecule has 2 aromatic carbocycles. The first-order valence-corrected chi connectivity index (χ1v) is 7.75. The van der Waals surface area contributed by atoms with Gasteiger partial charge >= 0.3 is 0 Å². The van der Waals surface area contributed by atoms with Crippen molar-refractivity contribution >= 4 is 16.5 Å². The average molecular weight is 268 g/mol. The van der Waals surface area contributed by atoms with E-state index in [4.69, 9.17) is 5.73 Å². The van der Waals surface area contributed by atoms with Crippen LogP contribution in [-0.2, 0) is 6.54 Å². The maximum Gasteiger partial charge on any atom is 0.0446 e. The van der Waals surface area contributed by atoms with E-state index in [0.29, 0.717) is 6.54 Å². The Balaban J connectivity index is 2.03. The summed E-state index contributed by atoms with van der Waals surface area (Å²) in [5.74, 6) is 0.856. The van der Waals surface area contributed by atoms with Gasteiger partial charge in [-0.2, -0.15) is 0 Å². The molecule has 1 saturated heterocycles. The number of fused-ring (bicyclic) bond motifs is 1. The van der Waals surface area contributed by atoms with Crippen LogP contribution in [0.3, 0.4) is 0 Å². The van der Waals surface area contributed by atoms with Crippen molar-refractivity contribution in [2.45, 2.75) is 32.7 Å². The lowest BCUT2D eigenvalue weighted by Crippen LogP contribution is -2.24. The Morgan fingerprint density at radius 3 is 2.65 bits per heavy atom. The van der Waals surface area contributed by atoms with Crippen LogP contribution in [0.4, 0.5) is 5.69 Å². The molecule has 0 bridgehead atoms. The van der Waals surface area contributed by atoms with Gasteiger partial charge in [-0.3, -0.25) is 0 Å². The van der Waals surface area contributed by atoms with Crippen LogP contribution in [0.15, 0.2) is 36.4 Å². The van der Waals surface area contributed by atoms with Gasteiger partial charge in [0.25, 0.3) is 0 Å². The summed E-state index contributed by atoms with van der Waals surface area (Å²) in [5.41, 5.74) is 8.50. The van der Waals surface area contributed by atoms with Gasteiger partial charge in [0.15, 0.2) is 0 Å². The fraction of sp³-hybridized carbons (Fsp3) is 0.444. The van der Waals surface area contributed by atoms with E-state index in [1.807, 2.05) is 0 Å². The summed E-state index contributed by atoms with van der Waals surface area (Å²) < 4.78 is 0. The molecule has 0 aliphatic carbocycles. The molecule has 0 radical (unpaired) electrons. The highest BCUT2D eigenvalue weighted by molar-refractivity contribution is 5.96. The number of nitrogens with two attached hydrogens (primary N) is 1. The van der Waals surface area contributed by atoms with Gasteiger partial charge in [0.05, 0.1) is 0 Å². The van der Waals surface area contributed by atoms with Crippen molar-refractivity contribution in [1.29, 1.82) is 0 Å². The minimum atomic E-state index is 0.609. The van der Waals surface area contributed by atoms with Crippen LogP contribution >= 0.6 is 0 Å². The summed E-state index contributed by atoms with van der Waals surface area (Å²) in [6.45, 7) is 5.33. The lowest BCUT2D eigenvalue weighted by molar-refractivity contribution is 0.521. The van der Waals surface area contributed by atoms with Crippen molar-refractivity contribution in [3.8, 4) is 0 Å². The first kappa shape index (κ1) is 13.4. The Bertz CT molecular complexity index is 591. The van der Waals surface area contributed by atoms with E-state index in [2.05, 4.69) is 48.2 Å². The standard InChI is InChI=1S/C18H24N2/c1-14-5-4-11-20(12-10-14)18-9-8-15(13-19)16-6-2-3-7-17(16)18/h2-3,6-9,14H,4-5,10-13,19H2,1H3. The van der Waals surface area contributed by atoms with Gasteiger partial charge in [0.1, 0.15) is 0 Å². The maximum absolute atomic E-state index is 5.87. The number of benzene rings is 2. The predicted molar refractivity (Wildman–Crippen MR) is 87.1 cm³/mol. The Hall–Kier alpha value is -1.54. The van der Waals surface area contributed by atoms with Gasteiger partial charge in [0, 0.05) is 30.7 Å². The Kier molecular flexibility index (Phi) is 3.93. The van der Waals surface area contributed by atoms with Gasteiger partial charge < -0.3 is 10.6 Å². The topological polar surface area (TPSA) is 29.3 Å². The van der Waals surface area contributed by atoms with Crippen LogP contribution in [0, 0.1) is 5.92 Å². The zero-order chi connectivity index (χ0) is 13.9. The Morgan fingerprint density at radius 2 is 1.85 bits per heavy atom. The molecule has 0 spiro atoms. The molecule has 1 aliphatic rings. The fourth-order valence-electron chi connectivity index (χ4n) is 3.30. The van der Waals surface area contributed by atoms with Crippen molar-refractivity contribution in [3.63, 3.8) is 0 Å². The van der Waals surface area contributed by atoms with E-state index in [9.17, 15) is 0 Å². The summed E-state index contributed by atoms with van der Waals surface area (Å²) in [6, 6.07) is 13.1. The zero-order valence-corrected chi connectivity index (χ0v) is 12.3. The van der Waals surface area contributed by atoms with E-state index in [1.165, 1.54) is 54.4 Å². The van der Waals surface area contributed by atoms with Crippen molar-refractivity contribution in [2.75, 3.05) is 18.0 Å². The van der Waals surface area contributed by atoms with Crippen LogP contribution in [0.2, 0.25) is 0 Å². The van der Waals surface area contributed by atoms with E-state index in [-0.39, 0.29) is 0 Å². The largest absolute Gasteiger partial charge is 0.371 e. The van der Waals surface area contributed by atoms with Crippen molar-refractivity contribution in [3.05, 3.63) is 42.0 Å². The van der Waals surface area contributed by atoms with Crippen LogP contribution in [0.1, 0.15) is 31.7 Å². The smallest absolute Gasteiger partial charge is 0.0446 e. The predicted octanol–water partition coefficient (Wildman–Crippen LogP) is 3.92. The summed E-state index contributed by atoms with van der Waals surface area (Å²) in [5, 5.41) is 2.66. The van der Waals surface area contributed by atoms with Crippen LogP contribution in [-0.4, -0.2) is 13.1 Å². The molecule has 1 aliphatic heterocycles. The van der Waals surface area contributed by atoms with Gasteiger partial charge in [-0.05, 0) is 42.2 Å². The lowest BCUT2D eigenvalue weighted by Gasteiger charge is -2.25. The maximum atomic E-state index is 5.87. The van der Waals surface area contributed by atoms with Crippen molar-refractivity contribution < 1.29 is 0 Å². The highest BCUT2D eigenvalue weighted by Crippen LogP contribution is 2.31. The molecule has 2 nitrogen and oxygen atoms in total. The molecule has 3 rings (SSSR count). The van der Waals surface area contributed by atoms with Crippen molar-refractivity contribution in [2.24, 2.45) is 11.7 Å². The molecule has 2 heteroatoms. The molecule has 1 heterocycles. The van der Waals surface area contributed by atoms with E-state index >= 15 is 0 Å². The summed E-state index contributed by atoms with van der Waals surface area (Å²) in [6.07, 6.45) is 3.95. The first-order valence-electron chi connectivity index (χ1n) is 7.75. The van der Waals surface area contributed by atoms with Crippen LogP contribution in [0.25, 0.3) is 10.8 Å². The Labute approximate surface area is 121 Å². The lowest BCUT2D eigenvalue weighted by atomic mass is 10.0. The molecule has 1 fully saturated rings. The number of hydrogen-bond donors (Lipinski definition) is 1. The van der Waals surface area contributed by atoms with Crippen LogP contribution in [0.5, 0.6) is 0 Å². The third-order valence-electron chi connectivity index (χ3n) is 4.57. The average Bonchev–Trinajstić information content (AvgIpc) is 2.71. The summed E-state index contributed by atoms with van der Waals surface area (Å²) in [4.78, 5) is 2.56. The molecule has 20 heavy (non-hydrogen) atoms.